The first-order valence-electron chi connectivity index (χ1n) is 30.0. The summed E-state index contributed by atoms with van der Waals surface area (Å²) in [7, 11) is 1.46. The Kier molecular flexibility index (Phi) is 50.6. The number of hydrogen-bond donors (Lipinski definition) is 2. The van der Waals surface area contributed by atoms with E-state index in [1.165, 1.54) is 148 Å². The number of amides is 1. The molecule has 0 saturated carbocycles. The molecule has 0 fully saturated rings. The van der Waals surface area contributed by atoms with E-state index in [0.29, 0.717) is 23.9 Å². The number of hydrogen-bond acceptors (Lipinski definition) is 6. The van der Waals surface area contributed by atoms with E-state index in [1.807, 2.05) is 94.1 Å². The Hall–Kier alpha value is -2.81. The topological polar surface area (TPSA) is 111 Å². The first kappa shape index (κ1) is 70.2. The van der Waals surface area contributed by atoms with Gasteiger partial charge in [-0.05, 0) is 51.0 Å². The van der Waals surface area contributed by atoms with Crippen LogP contribution in [0.15, 0.2) is 85.1 Å². The number of rotatable bonds is 53. The molecule has 2 N–H and O–H groups in total. The highest BCUT2D eigenvalue weighted by atomic mass is 31.2. The fraction of sp³-hybridized carbons (Fsp3) is 0.746. The molecule has 9 nitrogen and oxygen atoms in total. The molecule has 0 aromatic heterocycles. The maximum Gasteiger partial charge on any atom is 0.472 e. The molecule has 0 spiro atoms. The number of esters is 1. The van der Waals surface area contributed by atoms with Gasteiger partial charge in [0.1, 0.15) is 19.3 Å². The van der Waals surface area contributed by atoms with Gasteiger partial charge in [-0.1, -0.05) is 273 Å². The number of allylic oxidation sites excluding steroid dienone is 13. The van der Waals surface area contributed by atoms with Gasteiger partial charge in [-0.25, -0.2) is 4.57 Å². The van der Waals surface area contributed by atoms with Crippen molar-refractivity contribution < 1.29 is 37.3 Å². The highest BCUT2D eigenvalue weighted by Crippen LogP contribution is 2.43. The Balaban J connectivity index is 5.41. The molecule has 0 radical (unpaired) electrons. The predicted octanol–water partition coefficient (Wildman–Crippen LogP) is 18.2. The molecule has 3 unspecified atom stereocenters. The van der Waals surface area contributed by atoms with Crippen molar-refractivity contribution in [2.45, 2.75) is 264 Å². The summed E-state index contributed by atoms with van der Waals surface area (Å²) >= 11 is 0. The number of nitrogens with one attached hydrogen (secondary N) is 1. The monoisotopic (exact) mass is 1040 g/mol. The molecule has 0 saturated heterocycles. The Morgan fingerprint density at radius 2 is 0.877 bits per heavy atom. The standard InChI is InChI=1S/C63H113N2O7P/c1-7-10-13-16-19-22-25-28-30-32-34-37-40-43-46-49-52-55-62(66)64-60(59-71-73(68,69)70-58-57-65(4,5)6)61(54-51-48-45-42-39-36-27-24-21-18-15-12-9-3)72-63(67)56-53-50-47-44-41-38-35-33-31-29-26-23-20-17-14-11-8-2/h11,14,17,20,23,26,29,31,33,35,38,41,51,54,60-61H,7-10,12-13,15-16,18-19,21-22,24-25,27-28,30,32,34,36-37,39-40,42-50,52-53,55-59H2,1-6H3,(H-,64,66,68,69)/p+1/b14-11-,20-17+,26-23+,31-29-,35-33+,41-38+,54-51+. The molecule has 0 aliphatic rings. The van der Waals surface area contributed by atoms with Crippen LogP contribution in [0.5, 0.6) is 0 Å². The fourth-order valence-electron chi connectivity index (χ4n) is 8.38. The van der Waals surface area contributed by atoms with Gasteiger partial charge < -0.3 is 19.4 Å². The number of carbonyl (C=O) groups excluding carboxylic acids is 2. The summed E-state index contributed by atoms with van der Waals surface area (Å²) in [5.74, 6) is -0.553. The molecule has 0 aromatic carbocycles. The first-order valence-corrected chi connectivity index (χ1v) is 31.5. The SMILES string of the molecule is CC\C=C/C=C/C=C/C=C\C=C\C=C\CCCCCC(=O)OC(/C=C/CCCCCCCCCCCCC)C(COP(=O)(O)OCC[N+](C)(C)C)NC(=O)CCCCCCCCCCCCCCCCCCC. The number of likely N-dealkylation sites (N-methyl/N-ethyl adjacent to an activating group) is 1. The molecule has 73 heavy (non-hydrogen) atoms. The van der Waals surface area contributed by atoms with Crippen LogP contribution < -0.4 is 5.32 Å². The summed E-state index contributed by atoms with van der Waals surface area (Å²) in [6, 6.07) is -0.868. The fourth-order valence-corrected chi connectivity index (χ4v) is 9.12. The molecule has 0 aliphatic carbocycles. The van der Waals surface area contributed by atoms with Crippen molar-refractivity contribution in [2.75, 3.05) is 40.9 Å². The van der Waals surface area contributed by atoms with E-state index in [2.05, 4.69) is 38.2 Å². The van der Waals surface area contributed by atoms with E-state index in [0.717, 1.165) is 64.2 Å². The molecule has 0 bridgehead atoms. The van der Waals surface area contributed by atoms with Crippen molar-refractivity contribution in [3.63, 3.8) is 0 Å². The van der Waals surface area contributed by atoms with Gasteiger partial charge in [0.15, 0.2) is 0 Å². The smallest absolute Gasteiger partial charge is 0.456 e. The highest BCUT2D eigenvalue weighted by Gasteiger charge is 2.30. The van der Waals surface area contributed by atoms with E-state index in [9.17, 15) is 19.0 Å². The number of phosphoric acid groups is 1. The summed E-state index contributed by atoms with van der Waals surface area (Å²) in [4.78, 5) is 37.7. The average Bonchev–Trinajstić information content (AvgIpc) is 3.35. The third-order valence-electron chi connectivity index (χ3n) is 13.0. The quantitative estimate of drug-likeness (QED) is 0.0156. The summed E-state index contributed by atoms with van der Waals surface area (Å²) in [6.45, 7) is 6.85. The van der Waals surface area contributed by atoms with E-state index < -0.39 is 20.0 Å². The Bertz CT molecular complexity index is 1530. The van der Waals surface area contributed by atoms with Gasteiger partial charge in [0.05, 0.1) is 33.8 Å². The zero-order valence-electron chi connectivity index (χ0n) is 48.1. The molecule has 0 heterocycles. The van der Waals surface area contributed by atoms with Crippen LogP contribution in [0.2, 0.25) is 0 Å². The Labute approximate surface area is 450 Å². The van der Waals surface area contributed by atoms with Crippen LogP contribution in [0, 0.1) is 0 Å². The molecule has 422 valence electrons. The number of phosphoric ester groups is 1. The third kappa shape index (κ3) is 53.8. The van der Waals surface area contributed by atoms with Crippen molar-refractivity contribution in [3.05, 3.63) is 85.1 Å². The zero-order chi connectivity index (χ0) is 53.6. The van der Waals surface area contributed by atoms with Gasteiger partial charge in [0, 0.05) is 12.8 Å². The lowest BCUT2D eigenvalue weighted by atomic mass is 10.0. The highest BCUT2D eigenvalue weighted by molar-refractivity contribution is 7.47. The predicted molar refractivity (Wildman–Crippen MR) is 314 cm³/mol. The summed E-state index contributed by atoms with van der Waals surface area (Å²) < 4.78 is 30.6. The average molecular weight is 1040 g/mol. The number of unbranched alkanes of at least 4 members (excludes halogenated alkanes) is 30. The van der Waals surface area contributed by atoms with Crippen molar-refractivity contribution in [3.8, 4) is 0 Å². The van der Waals surface area contributed by atoms with Gasteiger partial charge in [0.25, 0.3) is 0 Å². The van der Waals surface area contributed by atoms with E-state index in [4.69, 9.17) is 13.8 Å². The molecule has 3 atom stereocenters. The second-order valence-corrected chi connectivity index (χ2v) is 22.8. The third-order valence-corrected chi connectivity index (χ3v) is 14.0. The second-order valence-electron chi connectivity index (χ2n) is 21.3. The minimum absolute atomic E-state index is 0.0303. The van der Waals surface area contributed by atoms with Crippen LogP contribution >= 0.6 is 7.82 Å². The van der Waals surface area contributed by atoms with Gasteiger partial charge in [-0.15, -0.1) is 0 Å². The van der Waals surface area contributed by atoms with Gasteiger partial charge >= 0.3 is 13.8 Å². The van der Waals surface area contributed by atoms with Crippen LogP contribution in [0.1, 0.15) is 252 Å². The largest absolute Gasteiger partial charge is 0.472 e. The van der Waals surface area contributed by atoms with Crippen LogP contribution in [0.3, 0.4) is 0 Å². The molecule has 0 rings (SSSR count). The van der Waals surface area contributed by atoms with E-state index >= 15 is 0 Å². The summed E-state index contributed by atoms with van der Waals surface area (Å²) in [6.07, 6.45) is 68.6. The van der Waals surface area contributed by atoms with Crippen molar-refractivity contribution in [2.24, 2.45) is 0 Å². The molecule has 1 amide bonds. The lowest BCUT2D eigenvalue weighted by Crippen LogP contribution is -2.47. The Morgan fingerprint density at radius 1 is 0.493 bits per heavy atom. The zero-order valence-corrected chi connectivity index (χ0v) is 49.0. The van der Waals surface area contributed by atoms with Crippen LogP contribution in [-0.2, 0) is 27.9 Å². The van der Waals surface area contributed by atoms with Crippen LogP contribution in [0.25, 0.3) is 0 Å². The first-order chi connectivity index (χ1) is 35.4. The Morgan fingerprint density at radius 3 is 1.33 bits per heavy atom. The van der Waals surface area contributed by atoms with Crippen molar-refractivity contribution >= 4 is 19.7 Å². The second kappa shape index (κ2) is 52.6. The van der Waals surface area contributed by atoms with E-state index in [-0.39, 0.29) is 31.5 Å². The van der Waals surface area contributed by atoms with E-state index in [1.54, 1.807) is 0 Å². The van der Waals surface area contributed by atoms with Crippen LogP contribution in [0.4, 0.5) is 0 Å². The minimum atomic E-state index is -4.46. The molecule has 0 aromatic rings. The maximum absolute atomic E-state index is 13.5. The minimum Gasteiger partial charge on any atom is -0.456 e. The van der Waals surface area contributed by atoms with Gasteiger partial charge in [-0.2, -0.15) is 0 Å². The summed E-state index contributed by atoms with van der Waals surface area (Å²) in [5.41, 5.74) is 0. The molecule has 10 heteroatoms. The van der Waals surface area contributed by atoms with Crippen molar-refractivity contribution in [1.82, 2.24) is 5.32 Å². The van der Waals surface area contributed by atoms with Gasteiger partial charge in [-0.3, -0.25) is 18.6 Å². The summed E-state index contributed by atoms with van der Waals surface area (Å²) in [5, 5.41) is 3.04. The number of quaternary nitrogens is 1. The van der Waals surface area contributed by atoms with Crippen LogP contribution in [-0.4, -0.2) is 74.3 Å². The van der Waals surface area contributed by atoms with Crippen molar-refractivity contribution in [1.29, 1.82) is 0 Å². The normalized spacial score (nSPS) is 14.3. The molecular formula is C63H114N2O7P+. The molecular weight excluding hydrogens is 928 g/mol. The lowest BCUT2D eigenvalue weighted by Gasteiger charge is -2.27. The maximum atomic E-state index is 13.5. The lowest BCUT2D eigenvalue weighted by molar-refractivity contribution is -0.870. The van der Waals surface area contributed by atoms with Gasteiger partial charge in [0.2, 0.25) is 5.91 Å². The molecule has 0 aliphatic heterocycles. The number of ether oxygens (including phenoxy) is 1. The number of nitrogens with zero attached hydrogens (tertiary/aromatic N) is 1. The number of carbonyl (C=O) groups is 2.